The quantitative estimate of drug-likeness (QED) is 0.331. The van der Waals surface area contributed by atoms with E-state index in [1.807, 2.05) is 0 Å². The van der Waals surface area contributed by atoms with Crippen molar-refractivity contribution in [1.29, 1.82) is 0 Å². The highest BCUT2D eigenvalue weighted by molar-refractivity contribution is 5.32. The van der Waals surface area contributed by atoms with Gasteiger partial charge in [-0.1, -0.05) is 31.6 Å². The summed E-state index contributed by atoms with van der Waals surface area (Å²) in [6, 6.07) is 4.01. The molecule has 0 aromatic heterocycles. The second kappa shape index (κ2) is 9.54. The highest BCUT2D eigenvalue weighted by Crippen LogP contribution is 2.55. The summed E-state index contributed by atoms with van der Waals surface area (Å²) in [5, 5.41) is 0. The van der Waals surface area contributed by atoms with Gasteiger partial charge in [-0.2, -0.15) is 0 Å². The molecule has 0 bridgehead atoms. The number of benzene rings is 1. The maximum atomic E-state index is 14.2. The standard InChI is InChI=1S/C26H34F4O/c1-2-3-4-5-17-6-11-22-20(14-17)7-8-21-15-18(9-12-23(21)22)19-10-13-25(24(27)16-19)31-26(28,29)30/h4-5,10,13,16-18,20-23H,2-3,6-9,11-12,14-15H2,1H3/t17-,18-,20-,21+,22+,23+/m1/s1. The maximum Gasteiger partial charge on any atom is 0.573 e. The molecule has 0 spiro atoms. The lowest BCUT2D eigenvalue weighted by molar-refractivity contribution is -0.275. The molecule has 1 nitrogen and oxygen atoms in total. The van der Waals surface area contributed by atoms with Gasteiger partial charge in [0.05, 0.1) is 0 Å². The first-order chi connectivity index (χ1) is 14.8. The van der Waals surface area contributed by atoms with Crippen LogP contribution < -0.4 is 4.74 Å². The van der Waals surface area contributed by atoms with Crippen molar-refractivity contribution >= 4 is 0 Å². The van der Waals surface area contributed by atoms with Gasteiger partial charge in [-0.25, -0.2) is 4.39 Å². The number of hydrogen-bond acceptors (Lipinski definition) is 1. The van der Waals surface area contributed by atoms with E-state index in [2.05, 4.69) is 23.8 Å². The molecular weight excluding hydrogens is 404 g/mol. The van der Waals surface area contributed by atoms with Crippen molar-refractivity contribution in [3.8, 4) is 5.75 Å². The Bertz CT molecular complexity index is 771. The molecule has 0 amide bonds. The summed E-state index contributed by atoms with van der Waals surface area (Å²) in [7, 11) is 0. The first-order valence-corrected chi connectivity index (χ1v) is 12.1. The monoisotopic (exact) mass is 438 g/mol. The number of halogens is 4. The van der Waals surface area contributed by atoms with Crippen LogP contribution in [0.1, 0.15) is 82.6 Å². The molecule has 3 saturated carbocycles. The largest absolute Gasteiger partial charge is 0.573 e. The van der Waals surface area contributed by atoms with E-state index in [-0.39, 0.29) is 5.92 Å². The van der Waals surface area contributed by atoms with Gasteiger partial charge >= 0.3 is 6.36 Å². The number of ether oxygens (including phenoxy) is 1. The van der Waals surface area contributed by atoms with Crippen molar-refractivity contribution in [1.82, 2.24) is 0 Å². The fraction of sp³-hybridized carbons (Fsp3) is 0.692. The van der Waals surface area contributed by atoms with E-state index in [0.29, 0.717) is 5.92 Å². The molecule has 0 radical (unpaired) electrons. The van der Waals surface area contributed by atoms with Crippen molar-refractivity contribution in [2.75, 3.05) is 0 Å². The topological polar surface area (TPSA) is 9.23 Å². The molecule has 4 rings (SSSR count). The minimum atomic E-state index is -4.87. The molecule has 3 aliphatic rings. The lowest BCUT2D eigenvalue weighted by atomic mass is 9.55. The van der Waals surface area contributed by atoms with E-state index in [9.17, 15) is 17.6 Å². The van der Waals surface area contributed by atoms with Crippen LogP contribution in [0.4, 0.5) is 17.6 Å². The van der Waals surface area contributed by atoms with Crippen LogP contribution in [0, 0.1) is 35.4 Å². The van der Waals surface area contributed by atoms with Crippen LogP contribution >= 0.6 is 0 Å². The van der Waals surface area contributed by atoms with Crippen LogP contribution in [0.25, 0.3) is 0 Å². The van der Waals surface area contributed by atoms with Gasteiger partial charge in [-0.15, -0.1) is 13.2 Å². The minimum Gasteiger partial charge on any atom is -0.403 e. The summed E-state index contributed by atoms with van der Waals surface area (Å²) < 4.78 is 55.2. The third kappa shape index (κ3) is 5.46. The van der Waals surface area contributed by atoms with Crippen LogP contribution in [0.15, 0.2) is 30.4 Å². The summed E-state index contributed by atoms with van der Waals surface area (Å²) in [5.41, 5.74) is 0.817. The molecule has 3 aliphatic carbocycles. The van der Waals surface area contributed by atoms with Gasteiger partial charge in [0, 0.05) is 0 Å². The van der Waals surface area contributed by atoms with E-state index in [1.165, 1.54) is 51.0 Å². The Morgan fingerprint density at radius 3 is 2.35 bits per heavy atom. The zero-order chi connectivity index (χ0) is 22.0. The van der Waals surface area contributed by atoms with Crippen molar-refractivity contribution in [2.45, 2.75) is 83.4 Å². The number of alkyl halides is 3. The second-order valence-corrected chi connectivity index (χ2v) is 9.96. The Morgan fingerprint density at radius 1 is 0.968 bits per heavy atom. The third-order valence-corrected chi connectivity index (χ3v) is 8.10. The molecule has 6 atom stereocenters. The van der Waals surface area contributed by atoms with E-state index >= 15 is 0 Å². The second-order valence-electron chi connectivity index (χ2n) is 9.96. The van der Waals surface area contributed by atoms with E-state index in [1.54, 1.807) is 6.07 Å². The number of unbranched alkanes of at least 4 members (excludes halogenated alkanes) is 1. The smallest absolute Gasteiger partial charge is 0.403 e. The number of hydrogen-bond donors (Lipinski definition) is 0. The Kier molecular flexibility index (Phi) is 6.98. The lowest BCUT2D eigenvalue weighted by Crippen LogP contribution is -2.41. The molecule has 5 heteroatoms. The van der Waals surface area contributed by atoms with Gasteiger partial charge in [-0.05, 0) is 111 Å². The van der Waals surface area contributed by atoms with Gasteiger partial charge in [0.15, 0.2) is 11.6 Å². The summed E-state index contributed by atoms with van der Waals surface area (Å²) in [6.45, 7) is 2.22. The fourth-order valence-electron chi connectivity index (χ4n) is 6.74. The highest BCUT2D eigenvalue weighted by Gasteiger charge is 2.44. The molecule has 0 N–H and O–H groups in total. The zero-order valence-corrected chi connectivity index (χ0v) is 18.3. The van der Waals surface area contributed by atoms with E-state index in [4.69, 9.17) is 0 Å². The first kappa shape index (κ1) is 22.7. The SMILES string of the molecule is CCCC=C[C@@H]1CC[C@H]2[C@H](CC[C@H]3C[C@H](c4ccc(OC(F)(F)F)c(F)c4)CC[C@@H]32)C1. The van der Waals surface area contributed by atoms with Gasteiger partial charge in [-0.3, -0.25) is 0 Å². The van der Waals surface area contributed by atoms with Gasteiger partial charge in [0.1, 0.15) is 0 Å². The minimum absolute atomic E-state index is 0.237. The van der Waals surface area contributed by atoms with Crippen LogP contribution in [-0.4, -0.2) is 6.36 Å². The Labute approximate surface area is 183 Å². The Morgan fingerprint density at radius 2 is 1.68 bits per heavy atom. The summed E-state index contributed by atoms with van der Waals surface area (Å²) in [4.78, 5) is 0. The maximum absolute atomic E-state index is 14.2. The summed E-state index contributed by atoms with van der Waals surface area (Å²) in [5.74, 6) is 2.44. The predicted molar refractivity (Wildman–Crippen MR) is 114 cm³/mol. The molecule has 31 heavy (non-hydrogen) atoms. The first-order valence-electron chi connectivity index (χ1n) is 12.1. The van der Waals surface area contributed by atoms with Crippen molar-refractivity contribution in [3.63, 3.8) is 0 Å². The molecule has 0 aliphatic heterocycles. The van der Waals surface area contributed by atoms with Crippen LogP contribution in [0.5, 0.6) is 5.75 Å². The van der Waals surface area contributed by atoms with Gasteiger partial charge in [0.25, 0.3) is 0 Å². The van der Waals surface area contributed by atoms with Crippen molar-refractivity contribution in [2.24, 2.45) is 29.6 Å². The van der Waals surface area contributed by atoms with Crippen LogP contribution in [-0.2, 0) is 0 Å². The summed E-state index contributed by atoms with van der Waals surface area (Å²) in [6.07, 6.45) is 12.1. The molecule has 1 aromatic carbocycles. The normalized spacial score (nSPS) is 33.7. The van der Waals surface area contributed by atoms with E-state index < -0.39 is 17.9 Å². The molecule has 1 aromatic rings. The van der Waals surface area contributed by atoms with Crippen LogP contribution in [0.2, 0.25) is 0 Å². The van der Waals surface area contributed by atoms with Gasteiger partial charge in [0.2, 0.25) is 0 Å². The predicted octanol–water partition coefficient (Wildman–Crippen LogP) is 8.41. The molecule has 0 saturated heterocycles. The lowest BCUT2D eigenvalue weighted by Gasteiger charge is -2.50. The molecule has 172 valence electrons. The average molecular weight is 439 g/mol. The zero-order valence-electron chi connectivity index (χ0n) is 18.3. The molecule has 3 fully saturated rings. The highest BCUT2D eigenvalue weighted by atomic mass is 19.4. The van der Waals surface area contributed by atoms with Crippen molar-refractivity contribution < 1.29 is 22.3 Å². The Hall–Kier alpha value is -1.52. The molecular formula is C26H34F4O. The van der Waals surface area contributed by atoms with Gasteiger partial charge < -0.3 is 4.74 Å². The average Bonchev–Trinajstić information content (AvgIpc) is 2.74. The number of allylic oxidation sites excluding steroid dienone is 2. The molecule has 0 unspecified atom stereocenters. The van der Waals surface area contributed by atoms with E-state index in [0.717, 1.165) is 54.6 Å². The fourth-order valence-corrected chi connectivity index (χ4v) is 6.74. The van der Waals surface area contributed by atoms with Crippen molar-refractivity contribution in [3.05, 3.63) is 41.7 Å². The van der Waals surface area contributed by atoms with Crippen LogP contribution in [0.3, 0.4) is 0 Å². The number of fused-ring (bicyclic) bond motifs is 3. The number of rotatable bonds is 5. The molecule has 0 heterocycles. The Balaban J connectivity index is 1.36. The third-order valence-electron chi connectivity index (χ3n) is 8.10. The summed E-state index contributed by atoms with van der Waals surface area (Å²) >= 11 is 0.